The van der Waals surface area contributed by atoms with Crippen molar-refractivity contribution in [2.75, 3.05) is 25.6 Å². The fourth-order valence-corrected chi connectivity index (χ4v) is 10.5. The number of ether oxygens (including phenoxy) is 3. The molecule has 2 saturated carbocycles. The molecule has 328 valence electrons. The van der Waals surface area contributed by atoms with Crippen LogP contribution in [0.1, 0.15) is 104 Å². The molecule has 10 bridgehead atoms. The average molecular weight is 848 g/mol. The van der Waals surface area contributed by atoms with Gasteiger partial charge in [-0.1, -0.05) is 48.6 Å². The number of phenolic OH excluding ortho intramolecular Hbond substituents is 1. The number of carbonyl (C=O) groups excluding carboxylic acids is 3. The lowest BCUT2D eigenvalue weighted by atomic mass is 9.56. The van der Waals surface area contributed by atoms with Crippen molar-refractivity contribution in [1.29, 1.82) is 0 Å². The van der Waals surface area contributed by atoms with Crippen LogP contribution in [0.3, 0.4) is 0 Å². The first kappa shape index (κ1) is 43.6. The van der Waals surface area contributed by atoms with Crippen LogP contribution in [-0.4, -0.2) is 86.9 Å². The molecular weight excluding hydrogens is 791 g/mol. The van der Waals surface area contributed by atoms with Crippen LogP contribution in [0.5, 0.6) is 11.5 Å². The Labute approximate surface area is 362 Å². The number of hydrogen-bond donors (Lipinski definition) is 6. The highest BCUT2D eigenvalue weighted by atomic mass is 16.6. The maximum Gasteiger partial charge on any atom is 0.334 e. The first-order valence-electron chi connectivity index (χ1n) is 21.9. The third-order valence-electron chi connectivity index (χ3n) is 13.8. The summed E-state index contributed by atoms with van der Waals surface area (Å²) >= 11 is 0. The van der Waals surface area contributed by atoms with Crippen molar-refractivity contribution in [3.8, 4) is 23.3 Å². The predicted octanol–water partition coefficient (Wildman–Crippen LogP) is 5.33. The van der Waals surface area contributed by atoms with E-state index in [0.29, 0.717) is 66.7 Å². The number of aromatic hydroxyl groups is 1. The molecule has 62 heavy (non-hydrogen) atoms. The minimum absolute atomic E-state index is 0.0521. The SMILES string of the molecule is COCC[C@@](C)(O)CNc1cc(CO)cc([C@@H]2C#C[C@@H]3CC(=O)Oc4cc(O)c(cc43)C[C@H]3OC(=O)/C(=C\[C@H](O)Cc4cccc(c4)C[C@@H]4C(=O)CC[C@@H]5[C@H]4CCC[C@]53O)C2)c1. The molecule has 0 saturated heterocycles. The van der Waals surface area contributed by atoms with Gasteiger partial charge in [0, 0.05) is 80.7 Å². The number of anilines is 1. The molecule has 5 aliphatic rings. The van der Waals surface area contributed by atoms with Crippen molar-refractivity contribution in [3.63, 3.8) is 0 Å². The number of aliphatic hydroxyl groups excluding tert-OH is 2. The summed E-state index contributed by atoms with van der Waals surface area (Å²) < 4.78 is 17.3. The molecule has 0 unspecified atom stereocenters. The number of ketones is 1. The molecule has 2 aliphatic carbocycles. The van der Waals surface area contributed by atoms with Crippen LogP contribution in [0, 0.1) is 29.6 Å². The number of phenols is 1. The van der Waals surface area contributed by atoms with Gasteiger partial charge in [-0.15, -0.1) is 0 Å². The maximum atomic E-state index is 15.0. The maximum absolute atomic E-state index is 15.0. The molecule has 0 amide bonds. The molecule has 3 aromatic rings. The molecule has 2 fully saturated rings. The van der Waals surface area contributed by atoms with Gasteiger partial charge in [-0.05, 0) is 103 Å². The molecule has 12 nitrogen and oxygen atoms in total. The van der Waals surface area contributed by atoms with Crippen LogP contribution in [-0.2, 0) is 49.7 Å². The van der Waals surface area contributed by atoms with Gasteiger partial charge in [-0.2, -0.15) is 0 Å². The van der Waals surface area contributed by atoms with E-state index in [1.807, 2.05) is 30.3 Å². The van der Waals surface area contributed by atoms with E-state index in [4.69, 9.17) is 14.2 Å². The zero-order chi connectivity index (χ0) is 43.8. The lowest BCUT2D eigenvalue weighted by Gasteiger charge is -2.52. The molecule has 3 heterocycles. The number of hydrogen-bond acceptors (Lipinski definition) is 12. The lowest BCUT2D eigenvalue weighted by Crippen LogP contribution is -2.59. The average Bonchev–Trinajstić information content (AvgIpc) is 3.24. The van der Waals surface area contributed by atoms with Crippen molar-refractivity contribution >= 4 is 23.4 Å². The van der Waals surface area contributed by atoms with Gasteiger partial charge in [0.1, 0.15) is 29.0 Å². The van der Waals surface area contributed by atoms with Crippen molar-refractivity contribution < 1.29 is 54.1 Å². The number of carbonyl (C=O) groups is 3. The summed E-state index contributed by atoms with van der Waals surface area (Å²) in [7, 11) is 1.57. The summed E-state index contributed by atoms with van der Waals surface area (Å²) in [5.41, 5.74) is 1.94. The lowest BCUT2D eigenvalue weighted by molar-refractivity contribution is -0.191. The van der Waals surface area contributed by atoms with Crippen LogP contribution in [0.4, 0.5) is 5.69 Å². The Hall–Kier alpha value is -5.03. The standard InChI is InChI=1S/C50H57NO11/c1-49(58,13-14-60-2)28-51-37-17-31(27-52)16-34(21-37)32-8-9-33-25-47(56)61-45-26-44(55)35(23-40(33)45)24-46-50(59)12-4-7-39-41(43(54)11-10-42(39)50)19-30-6-3-5-29(15-30)18-38(53)22-36(20-32)48(57)62-46/h3,5-6,15-17,21-23,26,32-33,38-39,41-42,46,51-53,55,58-59H,4,7,10-14,18-20,24-25,27-28H2,1-2H3/b36-22-/t32-,33-,38-,39+,41+,42-,46-,49-,50+/m1/s1. The van der Waals surface area contributed by atoms with Crippen molar-refractivity contribution in [3.05, 3.63) is 99.6 Å². The molecule has 6 N–H and O–H groups in total. The second-order valence-electron chi connectivity index (χ2n) is 18.4. The van der Waals surface area contributed by atoms with Gasteiger partial charge in [0.15, 0.2) is 0 Å². The first-order chi connectivity index (χ1) is 29.7. The zero-order valence-corrected chi connectivity index (χ0v) is 35.4. The van der Waals surface area contributed by atoms with Crippen LogP contribution in [0.15, 0.2) is 66.2 Å². The largest absolute Gasteiger partial charge is 0.508 e. The minimum Gasteiger partial charge on any atom is -0.508 e. The van der Waals surface area contributed by atoms with Gasteiger partial charge in [0.2, 0.25) is 0 Å². The quantitative estimate of drug-likeness (QED) is 0.0972. The number of methoxy groups -OCH3 is 1. The number of esters is 2. The van der Waals surface area contributed by atoms with Crippen LogP contribution in [0.2, 0.25) is 0 Å². The summed E-state index contributed by atoms with van der Waals surface area (Å²) in [5, 5.41) is 61.1. The molecule has 12 heteroatoms. The highest BCUT2D eigenvalue weighted by molar-refractivity contribution is 5.89. The molecule has 0 spiro atoms. The Morgan fingerprint density at radius 3 is 2.55 bits per heavy atom. The highest BCUT2D eigenvalue weighted by Gasteiger charge is 2.55. The smallest absolute Gasteiger partial charge is 0.334 e. The summed E-state index contributed by atoms with van der Waals surface area (Å²) in [6.07, 6.45) is 2.37. The van der Waals surface area contributed by atoms with Gasteiger partial charge in [0.05, 0.1) is 30.7 Å². The summed E-state index contributed by atoms with van der Waals surface area (Å²) in [6, 6.07) is 16.3. The Morgan fingerprint density at radius 1 is 0.968 bits per heavy atom. The van der Waals surface area contributed by atoms with Crippen molar-refractivity contribution in [1.82, 2.24) is 0 Å². The molecular formula is C50H57NO11. The third-order valence-corrected chi connectivity index (χ3v) is 13.8. The number of rotatable bonds is 8. The Morgan fingerprint density at radius 2 is 1.76 bits per heavy atom. The van der Waals surface area contributed by atoms with Gasteiger partial charge in [0.25, 0.3) is 0 Å². The number of nitrogens with one attached hydrogen (secondary N) is 1. The highest BCUT2D eigenvalue weighted by Crippen LogP contribution is 2.51. The predicted molar refractivity (Wildman–Crippen MR) is 229 cm³/mol. The monoisotopic (exact) mass is 847 g/mol. The Bertz CT molecular complexity index is 2310. The van der Waals surface area contributed by atoms with Crippen molar-refractivity contribution in [2.45, 2.75) is 119 Å². The van der Waals surface area contributed by atoms with Crippen LogP contribution in [0.25, 0.3) is 0 Å². The minimum atomic E-state index is -1.58. The summed E-state index contributed by atoms with van der Waals surface area (Å²) in [5.74, 6) is 3.22. The molecule has 0 aromatic heterocycles. The van der Waals surface area contributed by atoms with Crippen LogP contribution < -0.4 is 10.1 Å². The summed E-state index contributed by atoms with van der Waals surface area (Å²) in [6.45, 7) is 1.92. The van der Waals surface area contributed by atoms with E-state index in [-0.39, 0.29) is 85.9 Å². The van der Waals surface area contributed by atoms with Gasteiger partial charge in [-0.25, -0.2) is 4.79 Å². The van der Waals surface area contributed by atoms with E-state index in [1.54, 1.807) is 32.2 Å². The number of benzene rings is 3. The number of aliphatic hydroxyl groups is 4. The van der Waals surface area contributed by atoms with E-state index in [2.05, 4.69) is 17.2 Å². The normalized spacial score (nSPS) is 30.2. The fourth-order valence-electron chi connectivity index (χ4n) is 10.5. The Kier molecular flexibility index (Phi) is 12.7. The van der Waals surface area contributed by atoms with Crippen LogP contribution >= 0.6 is 0 Å². The molecule has 3 aromatic carbocycles. The van der Waals surface area contributed by atoms with E-state index in [9.17, 15) is 39.9 Å². The van der Waals surface area contributed by atoms with E-state index < -0.39 is 47.2 Å². The van der Waals surface area contributed by atoms with E-state index >= 15 is 0 Å². The molecule has 9 atom stereocenters. The first-order valence-corrected chi connectivity index (χ1v) is 21.9. The molecule has 0 radical (unpaired) electrons. The number of fused-ring (bicyclic) bond motifs is 7. The third kappa shape index (κ3) is 9.33. The van der Waals surface area contributed by atoms with Gasteiger partial charge < -0.3 is 45.1 Å². The van der Waals surface area contributed by atoms with Crippen molar-refractivity contribution in [2.24, 2.45) is 17.8 Å². The molecule has 3 aliphatic heterocycles. The van der Waals surface area contributed by atoms with Gasteiger partial charge >= 0.3 is 11.9 Å². The zero-order valence-electron chi connectivity index (χ0n) is 35.4. The fraction of sp³-hybridized carbons (Fsp3) is 0.500. The number of Topliss-reactive ketones (excluding diaryl/α,β-unsaturated/α-hetero) is 1. The van der Waals surface area contributed by atoms with E-state index in [1.165, 1.54) is 12.1 Å². The van der Waals surface area contributed by atoms with E-state index in [0.717, 1.165) is 17.5 Å². The molecule has 8 rings (SSSR count). The van der Waals surface area contributed by atoms with Gasteiger partial charge in [-0.3, -0.25) is 9.59 Å². The topological polar surface area (TPSA) is 192 Å². The Balaban J connectivity index is 1.29. The second-order valence-corrected chi connectivity index (χ2v) is 18.4. The summed E-state index contributed by atoms with van der Waals surface area (Å²) in [4.78, 5) is 41.7. The second kappa shape index (κ2) is 18.0.